The molecule has 0 fully saturated rings. The summed E-state index contributed by atoms with van der Waals surface area (Å²) in [6.45, 7) is 5.06. The Morgan fingerprint density at radius 2 is 2.28 bits per heavy atom. The third kappa shape index (κ3) is 1.91. The van der Waals surface area contributed by atoms with E-state index in [0.29, 0.717) is 5.92 Å². The molecule has 1 aliphatic heterocycles. The molecule has 2 nitrogen and oxygen atoms in total. The Balaban J connectivity index is 1.99. The third-order valence-electron chi connectivity index (χ3n) is 3.27. The molecular formula is C14H13NOS2. The maximum absolute atomic E-state index is 11.8. The summed E-state index contributed by atoms with van der Waals surface area (Å²) in [5.74, 6) is 0.347. The lowest BCUT2D eigenvalue weighted by Gasteiger charge is -2.31. The van der Waals surface area contributed by atoms with Crippen molar-refractivity contribution in [2.45, 2.75) is 12.5 Å². The van der Waals surface area contributed by atoms with E-state index in [1.54, 1.807) is 22.7 Å². The summed E-state index contributed by atoms with van der Waals surface area (Å²) in [7, 11) is 0. The maximum atomic E-state index is 11.8. The van der Waals surface area contributed by atoms with E-state index < -0.39 is 0 Å². The smallest absolute Gasteiger partial charge is 0.246 e. The average Bonchev–Trinajstić information content (AvgIpc) is 3.06. The van der Waals surface area contributed by atoms with Gasteiger partial charge in [-0.1, -0.05) is 12.6 Å². The van der Waals surface area contributed by atoms with E-state index in [9.17, 15) is 4.79 Å². The van der Waals surface area contributed by atoms with E-state index in [4.69, 9.17) is 0 Å². The van der Waals surface area contributed by atoms with Crippen molar-refractivity contribution >= 4 is 28.6 Å². The van der Waals surface area contributed by atoms with Gasteiger partial charge in [0.2, 0.25) is 5.91 Å². The number of nitrogens with zero attached hydrogens (tertiary/aromatic N) is 1. The zero-order valence-corrected chi connectivity index (χ0v) is 11.5. The average molecular weight is 275 g/mol. The van der Waals surface area contributed by atoms with Crippen molar-refractivity contribution in [3.8, 4) is 0 Å². The molecule has 0 unspecified atom stereocenters. The molecule has 0 aliphatic carbocycles. The van der Waals surface area contributed by atoms with Crippen molar-refractivity contribution in [2.24, 2.45) is 0 Å². The van der Waals surface area contributed by atoms with Crippen LogP contribution in [0.2, 0.25) is 0 Å². The van der Waals surface area contributed by atoms with E-state index in [-0.39, 0.29) is 5.91 Å². The number of carbonyl (C=O) groups is 1. The Morgan fingerprint density at radius 1 is 1.39 bits per heavy atom. The summed E-state index contributed by atoms with van der Waals surface area (Å²) in [5, 5.41) is 4.21. The van der Waals surface area contributed by atoms with Crippen molar-refractivity contribution in [3.63, 3.8) is 0 Å². The molecule has 0 saturated carbocycles. The number of hydrogen-bond acceptors (Lipinski definition) is 3. The minimum Gasteiger partial charge on any atom is -0.333 e. The minimum absolute atomic E-state index is 0.0237. The zero-order valence-electron chi connectivity index (χ0n) is 9.83. The number of hydrogen-bond donors (Lipinski definition) is 0. The molecule has 4 heteroatoms. The minimum atomic E-state index is 0.0237. The predicted molar refractivity (Wildman–Crippen MR) is 76.1 cm³/mol. The van der Waals surface area contributed by atoms with Crippen LogP contribution in [0.1, 0.15) is 21.2 Å². The molecule has 0 radical (unpaired) electrons. The highest BCUT2D eigenvalue weighted by molar-refractivity contribution is 7.10. The van der Waals surface area contributed by atoms with Crippen molar-refractivity contribution in [3.05, 3.63) is 56.9 Å². The van der Waals surface area contributed by atoms with Crippen LogP contribution in [0.15, 0.2) is 41.6 Å². The van der Waals surface area contributed by atoms with Crippen molar-refractivity contribution in [1.82, 2.24) is 4.90 Å². The first-order valence-electron chi connectivity index (χ1n) is 5.80. The molecule has 3 rings (SSSR count). The Kier molecular flexibility index (Phi) is 3.06. The van der Waals surface area contributed by atoms with Crippen LogP contribution in [0.25, 0.3) is 0 Å². The van der Waals surface area contributed by atoms with Crippen LogP contribution in [0.5, 0.6) is 0 Å². The van der Waals surface area contributed by atoms with E-state index >= 15 is 0 Å². The highest BCUT2D eigenvalue weighted by Gasteiger charge is 2.29. The van der Waals surface area contributed by atoms with Crippen LogP contribution in [0.3, 0.4) is 0 Å². The molecule has 2 aromatic rings. The Bertz CT molecular complexity index is 570. The highest BCUT2D eigenvalue weighted by Crippen LogP contribution is 2.38. The van der Waals surface area contributed by atoms with Crippen molar-refractivity contribution in [1.29, 1.82) is 0 Å². The van der Waals surface area contributed by atoms with Gasteiger partial charge in [0.25, 0.3) is 0 Å². The molecule has 18 heavy (non-hydrogen) atoms. The topological polar surface area (TPSA) is 20.3 Å². The first-order chi connectivity index (χ1) is 8.79. The van der Waals surface area contributed by atoms with Crippen LogP contribution in [-0.2, 0) is 11.3 Å². The second-order valence-corrected chi connectivity index (χ2v) is 6.27. The lowest BCUT2D eigenvalue weighted by Crippen LogP contribution is -2.36. The fraction of sp³-hybridized carbons (Fsp3) is 0.214. The van der Waals surface area contributed by atoms with Crippen LogP contribution in [0, 0.1) is 0 Å². The molecule has 3 heterocycles. The Labute approximate surface area is 114 Å². The molecule has 1 atom stereocenters. The summed E-state index contributed by atoms with van der Waals surface area (Å²) in [6, 6.07) is 6.42. The molecule has 0 aromatic carbocycles. The van der Waals surface area contributed by atoms with Crippen LogP contribution in [0.4, 0.5) is 0 Å². The summed E-state index contributed by atoms with van der Waals surface area (Å²) >= 11 is 3.49. The Hall–Kier alpha value is -1.39. The van der Waals surface area contributed by atoms with Gasteiger partial charge in [0, 0.05) is 22.2 Å². The highest BCUT2D eigenvalue weighted by atomic mass is 32.1. The molecule has 92 valence electrons. The van der Waals surface area contributed by atoms with Gasteiger partial charge in [-0.25, -0.2) is 0 Å². The first kappa shape index (κ1) is 11.7. The normalized spacial score (nSPS) is 18.4. The van der Waals surface area contributed by atoms with Gasteiger partial charge in [0.05, 0.1) is 6.54 Å². The molecule has 0 saturated heterocycles. The summed E-state index contributed by atoms with van der Waals surface area (Å²) < 4.78 is 0. The second kappa shape index (κ2) is 4.71. The molecule has 1 aliphatic rings. The van der Waals surface area contributed by atoms with Crippen LogP contribution < -0.4 is 0 Å². The summed E-state index contributed by atoms with van der Waals surface area (Å²) in [4.78, 5) is 16.3. The summed E-state index contributed by atoms with van der Waals surface area (Å²) in [6.07, 6.45) is 1.41. The fourth-order valence-corrected chi connectivity index (χ4v) is 4.17. The lowest BCUT2D eigenvalue weighted by atomic mass is 9.94. The maximum Gasteiger partial charge on any atom is 0.246 e. The number of carbonyl (C=O) groups excluding carboxylic acids is 1. The number of fused-ring (bicyclic) bond motifs is 1. The van der Waals surface area contributed by atoms with Gasteiger partial charge in [0.1, 0.15) is 0 Å². The van der Waals surface area contributed by atoms with Crippen LogP contribution in [-0.4, -0.2) is 17.4 Å². The van der Waals surface area contributed by atoms with Gasteiger partial charge < -0.3 is 4.90 Å². The predicted octanol–water partition coefficient (Wildman–Crippen LogP) is 3.47. The zero-order chi connectivity index (χ0) is 12.5. The molecule has 2 aromatic heterocycles. The van der Waals surface area contributed by atoms with Crippen LogP contribution >= 0.6 is 22.7 Å². The van der Waals surface area contributed by atoms with Gasteiger partial charge in [-0.15, -0.1) is 22.7 Å². The molecular weight excluding hydrogens is 262 g/mol. The quantitative estimate of drug-likeness (QED) is 0.769. The first-order valence-corrected chi connectivity index (χ1v) is 7.56. The molecule has 0 bridgehead atoms. The largest absolute Gasteiger partial charge is 0.333 e. The molecule has 0 spiro atoms. The van der Waals surface area contributed by atoms with E-state index in [0.717, 1.165) is 13.1 Å². The van der Waals surface area contributed by atoms with Gasteiger partial charge >= 0.3 is 0 Å². The summed E-state index contributed by atoms with van der Waals surface area (Å²) in [5.41, 5.74) is 1.38. The standard InChI is InChI=1S/C14H13NOS2/c1-2-14(16)15-8-11(12-4-3-6-17-12)10-5-7-18-13(10)9-15/h2-7,11H,1,8-9H2/t11-/m1/s1. The molecule has 0 N–H and O–H groups in total. The van der Waals surface area contributed by atoms with E-state index in [2.05, 4.69) is 35.5 Å². The van der Waals surface area contributed by atoms with Crippen molar-refractivity contribution in [2.75, 3.05) is 6.54 Å². The number of rotatable bonds is 2. The van der Waals surface area contributed by atoms with Gasteiger partial charge in [-0.3, -0.25) is 4.79 Å². The number of amides is 1. The van der Waals surface area contributed by atoms with Gasteiger partial charge in [-0.2, -0.15) is 0 Å². The molecule has 1 amide bonds. The van der Waals surface area contributed by atoms with Gasteiger partial charge in [0.15, 0.2) is 0 Å². The number of thiophene rings is 2. The second-order valence-electron chi connectivity index (χ2n) is 4.29. The monoisotopic (exact) mass is 275 g/mol. The van der Waals surface area contributed by atoms with Gasteiger partial charge in [-0.05, 0) is 34.5 Å². The SMILES string of the molecule is C=CC(=O)N1Cc2sccc2[C@H](c2cccs2)C1. The lowest BCUT2D eigenvalue weighted by molar-refractivity contribution is -0.127. The van der Waals surface area contributed by atoms with E-state index in [1.807, 2.05) is 4.90 Å². The fourth-order valence-electron chi connectivity index (χ4n) is 2.38. The van der Waals surface area contributed by atoms with E-state index in [1.165, 1.54) is 21.4 Å². The third-order valence-corrected chi connectivity index (χ3v) is 5.17. The Morgan fingerprint density at radius 3 is 3.00 bits per heavy atom. The van der Waals surface area contributed by atoms with Crippen molar-refractivity contribution < 1.29 is 4.79 Å².